The Morgan fingerprint density at radius 2 is 1.71 bits per heavy atom. The average Bonchev–Trinajstić information content (AvgIpc) is 2.61. The van der Waals surface area contributed by atoms with Crippen LogP contribution in [0.25, 0.3) is 0 Å². The molecule has 0 spiro atoms. The predicted molar refractivity (Wildman–Crippen MR) is 66.9 cm³/mol. The number of ketones is 2. The standard InChI is InChI=1S/C15H15O2/c1-3-7-10(4-2)13-14(16)11-8-5-6-9-12(11)15(13)17/h3,5-6,8-10H,1,4,7H2,2H3. The van der Waals surface area contributed by atoms with Crippen molar-refractivity contribution in [3.05, 3.63) is 54.0 Å². The van der Waals surface area contributed by atoms with E-state index in [4.69, 9.17) is 0 Å². The van der Waals surface area contributed by atoms with E-state index in [0.29, 0.717) is 23.5 Å². The molecule has 0 saturated carbocycles. The molecule has 87 valence electrons. The summed E-state index contributed by atoms with van der Waals surface area (Å²) < 4.78 is 0. The summed E-state index contributed by atoms with van der Waals surface area (Å²) in [7, 11) is 0. The Hall–Kier alpha value is -1.70. The van der Waals surface area contributed by atoms with Gasteiger partial charge in [-0.1, -0.05) is 43.7 Å². The molecule has 0 N–H and O–H groups in total. The van der Waals surface area contributed by atoms with Crippen molar-refractivity contribution in [3.63, 3.8) is 0 Å². The molecule has 1 aromatic rings. The minimum Gasteiger partial charge on any atom is -0.293 e. The third-order valence-corrected chi connectivity index (χ3v) is 3.26. The summed E-state index contributed by atoms with van der Waals surface area (Å²) >= 11 is 0. The summed E-state index contributed by atoms with van der Waals surface area (Å²) in [5.74, 6) is 0.243. The van der Waals surface area contributed by atoms with Crippen LogP contribution in [0.2, 0.25) is 0 Å². The smallest absolute Gasteiger partial charge is 0.179 e. The van der Waals surface area contributed by atoms with Crippen molar-refractivity contribution >= 4 is 11.6 Å². The van der Waals surface area contributed by atoms with Gasteiger partial charge in [0, 0.05) is 11.1 Å². The van der Waals surface area contributed by atoms with Crippen LogP contribution in [0.1, 0.15) is 40.5 Å². The van der Waals surface area contributed by atoms with Gasteiger partial charge in [0.1, 0.15) is 5.92 Å². The Labute approximate surface area is 101 Å². The van der Waals surface area contributed by atoms with Crippen molar-refractivity contribution in [2.75, 3.05) is 0 Å². The number of allylic oxidation sites excluding steroid dienone is 1. The molecule has 2 heteroatoms. The number of carbonyl (C=O) groups is 2. The van der Waals surface area contributed by atoms with E-state index in [-0.39, 0.29) is 17.5 Å². The number of rotatable bonds is 4. The zero-order valence-corrected chi connectivity index (χ0v) is 9.90. The zero-order valence-electron chi connectivity index (χ0n) is 9.90. The second-order valence-electron chi connectivity index (χ2n) is 4.25. The maximum atomic E-state index is 12.2. The highest BCUT2D eigenvalue weighted by Gasteiger charge is 2.42. The Balaban J connectivity index is 2.38. The molecule has 0 aromatic heterocycles. The third-order valence-electron chi connectivity index (χ3n) is 3.26. The quantitative estimate of drug-likeness (QED) is 0.740. The molecule has 2 rings (SSSR count). The minimum absolute atomic E-state index is 0.0000926. The molecule has 0 amide bonds. The van der Waals surface area contributed by atoms with Crippen molar-refractivity contribution in [2.45, 2.75) is 19.8 Å². The number of benzene rings is 1. The average molecular weight is 227 g/mol. The van der Waals surface area contributed by atoms with Crippen LogP contribution in [-0.2, 0) is 0 Å². The fourth-order valence-electron chi connectivity index (χ4n) is 2.33. The molecule has 1 aromatic carbocycles. The lowest BCUT2D eigenvalue weighted by Crippen LogP contribution is -2.22. The molecular formula is C15H15O2. The lowest BCUT2D eigenvalue weighted by molar-refractivity contribution is 0.0923. The molecule has 1 radical (unpaired) electrons. The van der Waals surface area contributed by atoms with Crippen LogP contribution >= 0.6 is 0 Å². The highest BCUT2D eigenvalue weighted by atomic mass is 16.2. The minimum atomic E-state index is -0.0979. The number of carbonyl (C=O) groups excluding carboxylic acids is 2. The van der Waals surface area contributed by atoms with Gasteiger partial charge in [0.25, 0.3) is 0 Å². The maximum absolute atomic E-state index is 12.2. The molecule has 0 heterocycles. The Morgan fingerprint density at radius 1 is 1.18 bits per heavy atom. The Bertz CT molecular complexity index is 439. The summed E-state index contributed by atoms with van der Waals surface area (Å²) in [6.07, 6.45) is 3.23. The van der Waals surface area contributed by atoms with E-state index in [2.05, 4.69) is 6.58 Å². The van der Waals surface area contributed by atoms with Crippen LogP contribution in [0.3, 0.4) is 0 Å². The first-order valence-corrected chi connectivity index (χ1v) is 5.86. The van der Waals surface area contributed by atoms with E-state index in [1.165, 1.54) is 0 Å². The summed E-state index contributed by atoms with van der Waals surface area (Å²) in [5.41, 5.74) is 1.10. The van der Waals surface area contributed by atoms with Gasteiger partial charge in [-0.2, -0.15) is 0 Å². The van der Waals surface area contributed by atoms with Crippen molar-refractivity contribution in [1.29, 1.82) is 0 Å². The lowest BCUT2D eigenvalue weighted by Gasteiger charge is -2.16. The summed E-state index contributed by atoms with van der Waals surface area (Å²) in [6, 6.07) is 7.04. The molecule has 1 aliphatic rings. The van der Waals surface area contributed by atoms with Crippen LogP contribution in [-0.4, -0.2) is 11.6 Å². The highest BCUT2D eigenvalue weighted by Crippen LogP contribution is 2.36. The van der Waals surface area contributed by atoms with Crippen LogP contribution in [0.4, 0.5) is 0 Å². The van der Waals surface area contributed by atoms with E-state index < -0.39 is 0 Å². The van der Waals surface area contributed by atoms with E-state index in [1.807, 2.05) is 6.92 Å². The zero-order chi connectivity index (χ0) is 12.4. The van der Waals surface area contributed by atoms with E-state index in [9.17, 15) is 9.59 Å². The van der Waals surface area contributed by atoms with E-state index in [0.717, 1.165) is 6.42 Å². The summed E-state index contributed by atoms with van der Waals surface area (Å²) in [6.45, 7) is 5.67. The van der Waals surface area contributed by atoms with Crippen molar-refractivity contribution in [1.82, 2.24) is 0 Å². The molecule has 1 atom stereocenters. The van der Waals surface area contributed by atoms with Gasteiger partial charge >= 0.3 is 0 Å². The maximum Gasteiger partial charge on any atom is 0.179 e. The van der Waals surface area contributed by atoms with Gasteiger partial charge < -0.3 is 0 Å². The first-order chi connectivity index (χ1) is 8.20. The van der Waals surface area contributed by atoms with Crippen LogP contribution in [0.5, 0.6) is 0 Å². The molecule has 0 saturated heterocycles. The van der Waals surface area contributed by atoms with Gasteiger partial charge in [-0.25, -0.2) is 0 Å². The fourth-order valence-corrected chi connectivity index (χ4v) is 2.33. The van der Waals surface area contributed by atoms with Gasteiger partial charge in [0.15, 0.2) is 11.6 Å². The SMILES string of the molecule is C=CCC(CC)[C]1C(=O)c2ccccc2C1=O. The monoisotopic (exact) mass is 227 g/mol. The molecular weight excluding hydrogens is 212 g/mol. The van der Waals surface area contributed by atoms with Crippen molar-refractivity contribution < 1.29 is 9.59 Å². The van der Waals surface area contributed by atoms with Crippen LogP contribution in [0, 0.1) is 11.8 Å². The van der Waals surface area contributed by atoms with E-state index >= 15 is 0 Å². The highest BCUT2D eigenvalue weighted by molar-refractivity contribution is 6.36. The molecule has 0 fully saturated rings. The molecule has 1 unspecified atom stereocenters. The van der Waals surface area contributed by atoms with Gasteiger partial charge in [0.05, 0.1) is 0 Å². The topological polar surface area (TPSA) is 34.1 Å². The second-order valence-corrected chi connectivity index (χ2v) is 4.25. The predicted octanol–water partition coefficient (Wildman–Crippen LogP) is 3.24. The molecule has 0 bridgehead atoms. The lowest BCUT2D eigenvalue weighted by atomic mass is 9.84. The molecule has 17 heavy (non-hydrogen) atoms. The van der Waals surface area contributed by atoms with Crippen LogP contribution < -0.4 is 0 Å². The number of hydrogen-bond acceptors (Lipinski definition) is 2. The number of hydrogen-bond donors (Lipinski definition) is 0. The largest absolute Gasteiger partial charge is 0.293 e. The third kappa shape index (κ3) is 1.84. The molecule has 2 nitrogen and oxygen atoms in total. The van der Waals surface area contributed by atoms with Gasteiger partial charge in [-0.3, -0.25) is 9.59 Å². The summed E-state index contributed by atoms with van der Waals surface area (Å²) in [4.78, 5) is 24.4. The van der Waals surface area contributed by atoms with Gasteiger partial charge in [0.2, 0.25) is 0 Å². The Kier molecular flexibility index (Phi) is 3.23. The molecule has 1 aliphatic carbocycles. The van der Waals surface area contributed by atoms with Crippen molar-refractivity contribution in [2.24, 2.45) is 5.92 Å². The number of fused-ring (bicyclic) bond motifs is 1. The molecule has 0 aliphatic heterocycles. The summed E-state index contributed by atoms with van der Waals surface area (Å²) in [5, 5.41) is 0. The van der Waals surface area contributed by atoms with Gasteiger partial charge in [-0.05, 0) is 12.3 Å². The normalized spacial score (nSPS) is 17.0. The van der Waals surface area contributed by atoms with Gasteiger partial charge in [-0.15, -0.1) is 6.58 Å². The number of Topliss-reactive ketones (excluding diaryl/α,β-unsaturated/α-hetero) is 2. The first kappa shape index (κ1) is 11.8. The van der Waals surface area contributed by atoms with Crippen LogP contribution in [0.15, 0.2) is 36.9 Å². The first-order valence-electron chi connectivity index (χ1n) is 5.86. The Morgan fingerprint density at radius 3 is 2.12 bits per heavy atom. The second kappa shape index (κ2) is 4.66. The van der Waals surface area contributed by atoms with Crippen molar-refractivity contribution in [3.8, 4) is 0 Å². The van der Waals surface area contributed by atoms with E-state index in [1.54, 1.807) is 30.3 Å². The fraction of sp³-hybridized carbons (Fsp3) is 0.267.